The van der Waals surface area contributed by atoms with Gasteiger partial charge in [0, 0.05) is 13.1 Å². The average molecular weight is 381 g/mol. The molecule has 8 heteroatoms. The molecule has 3 rings (SSSR count). The number of carbonyl (C=O) groups excluding carboxylic acids is 1. The number of urea groups is 1. The number of hydrogen-bond donors (Lipinski definition) is 2. The zero-order valence-corrected chi connectivity index (χ0v) is 15.9. The third-order valence-electron chi connectivity index (χ3n) is 4.24. The van der Waals surface area contributed by atoms with E-state index in [9.17, 15) is 4.79 Å². The van der Waals surface area contributed by atoms with Gasteiger partial charge < -0.3 is 20.1 Å². The van der Waals surface area contributed by atoms with Crippen LogP contribution < -0.4 is 20.1 Å². The van der Waals surface area contributed by atoms with Crippen LogP contribution in [0.4, 0.5) is 4.79 Å². The number of aromatic nitrogens is 3. The predicted molar refractivity (Wildman–Crippen MR) is 105 cm³/mol. The second-order valence-corrected chi connectivity index (χ2v) is 6.04. The van der Waals surface area contributed by atoms with Crippen LogP contribution >= 0.6 is 0 Å². The first-order valence-electron chi connectivity index (χ1n) is 8.86. The van der Waals surface area contributed by atoms with Crippen molar-refractivity contribution in [1.82, 2.24) is 25.4 Å². The van der Waals surface area contributed by atoms with E-state index in [1.165, 1.54) is 6.33 Å². The van der Waals surface area contributed by atoms with Crippen LogP contribution in [0.1, 0.15) is 11.1 Å². The van der Waals surface area contributed by atoms with Gasteiger partial charge in [0.25, 0.3) is 0 Å². The van der Waals surface area contributed by atoms with E-state index in [4.69, 9.17) is 9.47 Å². The fourth-order valence-electron chi connectivity index (χ4n) is 2.74. The van der Waals surface area contributed by atoms with E-state index >= 15 is 0 Å². The largest absolute Gasteiger partial charge is 0.497 e. The first-order valence-corrected chi connectivity index (χ1v) is 8.86. The highest BCUT2D eigenvalue weighted by atomic mass is 16.5. The van der Waals surface area contributed by atoms with Crippen molar-refractivity contribution < 1.29 is 14.3 Å². The third kappa shape index (κ3) is 5.00. The molecule has 146 valence electrons. The maximum absolute atomic E-state index is 12.0. The van der Waals surface area contributed by atoms with Gasteiger partial charge in [0.15, 0.2) is 0 Å². The van der Waals surface area contributed by atoms with E-state index in [1.54, 1.807) is 25.2 Å². The minimum Gasteiger partial charge on any atom is -0.497 e. The Morgan fingerprint density at radius 3 is 2.57 bits per heavy atom. The lowest BCUT2D eigenvalue weighted by atomic mass is 10.1. The first kappa shape index (κ1) is 19.2. The van der Waals surface area contributed by atoms with Gasteiger partial charge in [-0.25, -0.2) is 14.5 Å². The van der Waals surface area contributed by atoms with Crippen molar-refractivity contribution >= 4 is 6.03 Å². The monoisotopic (exact) mass is 381 g/mol. The summed E-state index contributed by atoms with van der Waals surface area (Å²) < 4.78 is 12.3. The topological polar surface area (TPSA) is 90.3 Å². The van der Waals surface area contributed by atoms with Gasteiger partial charge in [-0.1, -0.05) is 12.1 Å². The zero-order chi connectivity index (χ0) is 19.8. The number of nitrogens with one attached hydrogen (secondary N) is 2. The van der Waals surface area contributed by atoms with Crippen molar-refractivity contribution in [3.8, 4) is 17.2 Å². The molecule has 0 bridgehead atoms. The number of hydrogen-bond acceptors (Lipinski definition) is 5. The number of amides is 2. The summed E-state index contributed by atoms with van der Waals surface area (Å²) in [6.45, 7) is 0.923. The van der Waals surface area contributed by atoms with E-state index in [1.807, 2.05) is 42.5 Å². The molecule has 3 aromatic rings. The molecular formula is C20H23N5O3. The molecule has 0 fully saturated rings. The summed E-state index contributed by atoms with van der Waals surface area (Å²) in [5, 5.41) is 9.79. The van der Waals surface area contributed by atoms with Crippen LogP contribution in [0.5, 0.6) is 11.5 Å². The Kier molecular flexibility index (Phi) is 6.46. The van der Waals surface area contributed by atoms with Gasteiger partial charge >= 0.3 is 6.03 Å². The molecule has 0 radical (unpaired) electrons. The standard InChI is InChI=1S/C20H23N5O3/c1-27-18-7-8-19(28-2)16(11-18)9-10-22-20(26)23-12-15-3-5-17(6-4-15)25-14-21-13-24-25/h3-8,11,13-14H,9-10,12H2,1-2H3,(H2,22,23,26). The molecular weight excluding hydrogens is 358 g/mol. The highest BCUT2D eigenvalue weighted by Gasteiger charge is 2.06. The summed E-state index contributed by atoms with van der Waals surface area (Å²) in [7, 11) is 3.25. The van der Waals surface area contributed by atoms with Gasteiger partial charge in [-0.15, -0.1) is 0 Å². The van der Waals surface area contributed by atoms with Crippen LogP contribution in [-0.4, -0.2) is 41.6 Å². The van der Waals surface area contributed by atoms with Gasteiger partial charge in [0.1, 0.15) is 24.2 Å². The number of rotatable bonds is 8. The van der Waals surface area contributed by atoms with Gasteiger partial charge in [-0.2, -0.15) is 5.10 Å². The summed E-state index contributed by atoms with van der Waals surface area (Å²) >= 11 is 0. The number of benzene rings is 2. The molecule has 0 unspecified atom stereocenters. The summed E-state index contributed by atoms with van der Waals surface area (Å²) in [6, 6.07) is 13.1. The Morgan fingerprint density at radius 2 is 1.89 bits per heavy atom. The van der Waals surface area contributed by atoms with Crippen LogP contribution in [0.15, 0.2) is 55.1 Å². The summed E-state index contributed by atoms with van der Waals surface area (Å²) in [4.78, 5) is 16.0. The summed E-state index contributed by atoms with van der Waals surface area (Å²) in [5.41, 5.74) is 2.89. The molecule has 0 aliphatic rings. The molecule has 1 heterocycles. The second-order valence-electron chi connectivity index (χ2n) is 6.04. The van der Waals surface area contributed by atoms with E-state index in [-0.39, 0.29) is 6.03 Å². The highest BCUT2D eigenvalue weighted by Crippen LogP contribution is 2.24. The van der Waals surface area contributed by atoms with Crippen molar-refractivity contribution in [3.05, 3.63) is 66.2 Å². The van der Waals surface area contributed by atoms with Crippen molar-refractivity contribution in [2.24, 2.45) is 0 Å². The number of ether oxygens (including phenoxy) is 2. The van der Waals surface area contributed by atoms with Gasteiger partial charge in [-0.05, 0) is 47.9 Å². The minimum absolute atomic E-state index is 0.220. The van der Waals surface area contributed by atoms with E-state index < -0.39 is 0 Å². The SMILES string of the molecule is COc1ccc(OC)c(CCNC(=O)NCc2ccc(-n3cncn3)cc2)c1. The fourth-order valence-corrected chi connectivity index (χ4v) is 2.74. The fraction of sp³-hybridized carbons (Fsp3) is 0.250. The average Bonchev–Trinajstić information content (AvgIpc) is 3.27. The Balaban J connectivity index is 1.45. The van der Waals surface area contributed by atoms with Crippen LogP contribution in [0.3, 0.4) is 0 Å². The molecule has 2 aromatic carbocycles. The molecule has 0 saturated heterocycles. The van der Waals surface area contributed by atoms with Crippen molar-refractivity contribution in [2.75, 3.05) is 20.8 Å². The normalized spacial score (nSPS) is 10.4. The molecule has 0 aliphatic carbocycles. The molecule has 1 aromatic heterocycles. The van der Waals surface area contributed by atoms with Gasteiger partial charge in [0.2, 0.25) is 0 Å². The Bertz CT molecular complexity index is 895. The third-order valence-corrected chi connectivity index (χ3v) is 4.24. The lowest BCUT2D eigenvalue weighted by Gasteiger charge is -2.12. The maximum Gasteiger partial charge on any atom is 0.315 e. The van der Waals surface area contributed by atoms with Gasteiger partial charge in [0.05, 0.1) is 19.9 Å². The van der Waals surface area contributed by atoms with Crippen LogP contribution in [-0.2, 0) is 13.0 Å². The maximum atomic E-state index is 12.0. The molecule has 0 aliphatic heterocycles. The van der Waals surface area contributed by atoms with Crippen molar-refractivity contribution in [1.29, 1.82) is 0 Å². The molecule has 0 atom stereocenters. The number of carbonyl (C=O) groups is 1. The molecule has 2 N–H and O–H groups in total. The Labute approximate surface area is 163 Å². The molecule has 2 amide bonds. The molecule has 8 nitrogen and oxygen atoms in total. The van der Waals surface area contributed by atoms with Crippen LogP contribution in [0, 0.1) is 0 Å². The van der Waals surface area contributed by atoms with E-state index in [2.05, 4.69) is 20.7 Å². The Hall–Kier alpha value is -3.55. The minimum atomic E-state index is -0.220. The smallest absolute Gasteiger partial charge is 0.315 e. The lowest BCUT2D eigenvalue weighted by molar-refractivity contribution is 0.240. The van der Waals surface area contributed by atoms with Gasteiger partial charge in [-0.3, -0.25) is 0 Å². The lowest BCUT2D eigenvalue weighted by Crippen LogP contribution is -2.36. The number of nitrogens with zero attached hydrogens (tertiary/aromatic N) is 3. The predicted octanol–water partition coefficient (Wildman–Crippen LogP) is 2.33. The second kappa shape index (κ2) is 9.40. The van der Waals surface area contributed by atoms with E-state index in [0.29, 0.717) is 19.5 Å². The quantitative estimate of drug-likeness (QED) is 0.625. The molecule has 0 spiro atoms. The molecule has 28 heavy (non-hydrogen) atoms. The van der Waals surface area contributed by atoms with Crippen LogP contribution in [0.2, 0.25) is 0 Å². The van der Waals surface area contributed by atoms with E-state index in [0.717, 1.165) is 28.3 Å². The number of methoxy groups -OCH3 is 2. The molecule has 0 saturated carbocycles. The Morgan fingerprint density at radius 1 is 1.07 bits per heavy atom. The summed E-state index contributed by atoms with van der Waals surface area (Å²) in [6.07, 6.45) is 3.76. The highest BCUT2D eigenvalue weighted by molar-refractivity contribution is 5.73. The first-order chi connectivity index (χ1) is 13.7. The zero-order valence-electron chi connectivity index (χ0n) is 15.9. The van der Waals surface area contributed by atoms with Crippen molar-refractivity contribution in [2.45, 2.75) is 13.0 Å². The summed E-state index contributed by atoms with van der Waals surface area (Å²) in [5.74, 6) is 1.53. The van der Waals surface area contributed by atoms with Crippen LogP contribution in [0.25, 0.3) is 5.69 Å². The van der Waals surface area contributed by atoms with Crippen molar-refractivity contribution in [3.63, 3.8) is 0 Å².